The van der Waals surface area contributed by atoms with Crippen molar-refractivity contribution in [2.75, 3.05) is 26.2 Å². The third-order valence-corrected chi connectivity index (χ3v) is 11.7. The highest BCUT2D eigenvalue weighted by Crippen LogP contribution is 2.25. The number of carbonyl (C=O) groups is 1. The molecule has 0 spiro atoms. The zero-order valence-electron chi connectivity index (χ0n) is 35.4. The van der Waals surface area contributed by atoms with Gasteiger partial charge in [-0.3, -0.25) is 9.28 Å². The molecular weight excluding hydrogens is 635 g/mol. The summed E-state index contributed by atoms with van der Waals surface area (Å²) >= 11 is 0. The zero-order chi connectivity index (χ0) is 37.4. The van der Waals surface area contributed by atoms with Gasteiger partial charge in [0.1, 0.15) is 13.1 Å². The first-order valence-electron chi connectivity index (χ1n) is 23.1. The molecule has 0 radical (unpaired) electrons. The van der Waals surface area contributed by atoms with Crippen LogP contribution in [0.15, 0.2) is 35.3 Å². The van der Waals surface area contributed by atoms with E-state index in [1.54, 1.807) is 0 Å². The van der Waals surface area contributed by atoms with E-state index in [0.29, 0.717) is 6.42 Å². The number of amidine groups is 1. The number of aliphatic imine (C=N–C) groups is 1. The van der Waals surface area contributed by atoms with Crippen molar-refractivity contribution >= 4 is 11.7 Å². The van der Waals surface area contributed by atoms with Gasteiger partial charge in [-0.05, 0) is 24.7 Å². The van der Waals surface area contributed by atoms with Crippen molar-refractivity contribution < 1.29 is 9.28 Å². The SMILES string of the molecule is CC(C)CCCCCCCCCCCCCCC(=O)NCCC[N@@+]1(Cc2ccccc2)CCN=C1CCCCCCCCCCCCCCC(C)C. The number of amides is 1. The Balaban J connectivity index is 1.54. The second-order valence-electron chi connectivity index (χ2n) is 17.6. The molecule has 1 aliphatic heterocycles. The minimum Gasteiger partial charge on any atom is -0.356 e. The maximum Gasteiger partial charge on any atom is 0.219 e. The van der Waals surface area contributed by atoms with Gasteiger partial charge in [0.2, 0.25) is 5.91 Å². The summed E-state index contributed by atoms with van der Waals surface area (Å²) in [7, 11) is 0. The number of benzene rings is 1. The van der Waals surface area contributed by atoms with Crippen LogP contribution >= 0.6 is 0 Å². The van der Waals surface area contributed by atoms with Crippen LogP contribution in [0.5, 0.6) is 0 Å². The average molecular weight is 723 g/mol. The normalized spacial score (nSPS) is 15.9. The van der Waals surface area contributed by atoms with Gasteiger partial charge in [0.15, 0.2) is 5.84 Å². The highest BCUT2D eigenvalue weighted by atomic mass is 16.1. The lowest BCUT2D eigenvalue weighted by Gasteiger charge is -2.35. The average Bonchev–Trinajstić information content (AvgIpc) is 3.52. The van der Waals surface area contributed by atoms with Crippen LogP contribution in [0.25, 0.3) is 0 Å². The molecule has 0 saturated carbocycles. The fourth-order valence-electron chi connectivity index (χ4n) is 8.30. The van der Waals surface area contributed by atoms with E-state index in [2.05, 4.69) is 63.3 Å². The van der Waals surface area contributed by atoms with Gasteiger partial charge in [-0.15, -0.1) is 0 Å². The Bertz CT molecular complexity index is 989. The van der Waals surface area contributed by atoms with Gasteiger partial charge in [-0.25, -0.2) is 4.99 Å². The predicted octanol–water partition coefficient (Wildman–Crippen LogP) is 14.2. The van der Waals surface area contributed by atoms with E-state index < -0.39 is 0 Å². The van der Waals surface area contributed by atoms with Crippen molar-refractivity contribution in [3.05, 3.63) is 35.9 Å². The second-order valence-corrected chi connectivity index (χ2v) is 17.6. The van der Waals surface area contributed by atoms with Gasteiger partial charge in [0.25, 0.3) is 0 Å². The number of nitrogens with zero attached hydrogens (tertiary/aromatic N) is 2. The molecule has 1 atom stereocenters. The van der Waals surface area contributed by atoms with Crippen LogP contribution in [0, 0.1) is 11.8 Å². The smallest absolute Gasteiger partial charge is 0.219 e. The predicted molar refractivity (Wildman–Crippen MR) is 229 cm³/mol. The van der Waals surface area contributed by atoms with Gasteiger partial charge in [-0.1, -0.05) is 212 Å². The summed E-state index contributed by atoms with van der Waals surface area (Å²) in [5.74, 6) is 3.39. The van der Waals surface area contributed by atoms with Crippen molar-refractivity contribution in [3.8, 4) is 0 Å². The van der Waals surface area contributed by atoms with E-state index >= 15 is 0 Å². The van der Waals surface area contributed by atoms with Gasteiger partial charge < -0.3 is 5.32 Å². The van der Waals surface area contributed by atoms with E-state index in [1.807, 2.05) is 0 Å². The number of rotatable bonds is 36. The van der Waals surface area contributed by atoms with Crippen LogP contribution in [-0.2, 0) is 11.3 Å². The molecule has 4 heteroatoms. The molecule has 0 fully saturated rings. The summed E-state index contributed by atoms with van der Waals surface area (Å²) in [4.78, 5) is 17.7. The Kier molecular flexibility index (Phi) is 28.3. The monoisotopic (exact) mass is 723 g/mol. The standard InChI is InChI=1S/C48H87N3O/c1-44(2)33-26-21-17-13-9-5-7-11-15-19-23-30-37-47-49-40-42-51(47,43-46-35-28-25-29-36-46)41-32-39-50-48(52)38-31-24-20-16-12-8-6-10-14-18-22-27-34-45(3)4/h25,28-29,35-36,44-45H,5-24,26-27,30-34,37-43H2,1-4H3/p+1/t51-/m0/s1. The first-order chi connectivity index (χ1) is 25.4. The molecular formula is C48H88N3O+. The van der Waals surface area contributed by atoms with Crippen molar-refractivity contribution in [1.82, 2.24) is 5.32 Å². The molecule has 2 rings (SSSR count). The van der Waals surface area contributed by atoms with E-state index in [9.17, 15) is 4.79 Å². The molecule has 1 N–H and O–H groups in total. The lowest BCUT2D eigenvalue weighted by Crippen LogP contribution is -2.51. The summed E-state index contributed by atoms with van der Waals surface area (Å²) in [5.41, 5.74) is 1.41. The van der Waals surface area contributed by atoms with Crippen molar-refractivity contribution in [2.45, 2.75) is 220 Å². The highest BCUT2D eigenvalue weighted by Gasteiger charge is 2.37. The number of carbonyl (C=O) groups excluding carboxylic acids is 1. The number of quaternary nitrogens is 1. The molecule has 1 heterocycles. The van der Waals surface area contributed by atoms with Gasteiger partial charge in [0.05, 0.1) is 13.1 Å². The Morgan fingerprint density at radius 3 is 1.52 bits per heavy atom. The molecule has 1 amide bonds. The maximum atomic E-state index is 12.6. The Hall–Kier alpha value is -1.68. The van der Waals surface area contributed by atoms with E-state index in [0.717, 1.165) is 68.3 Å². The van der Waals surface area contributed by atoms with Gasteiger partial charge >= 0.3 is 0 Å². The topological polar surface area (TPSA) is 41.5 Å². The van der Waals surface area contributed by atoms with Crippen LogP contribution in [0.3, 0.4) is 0 Å². The summed E-state index contributed by atoms with van der Waals surface area (Å²) in [6.45, 7) is 14.3. The molecule has 52 heavy (non-hydrogen) atoms. The van der Waals surface area contributed by atoms with Crippen LogP contribution in [-0.4, -0.2) is 42.4 Å². The van der Waals surface area contributed by atoms with Crippen LogP contribution < -0.4 is 5.32 Å². The van der Waals surface area contributed by atoms with Gasteiger partial charge in [0, 0.05) is 31.4 Å². The molecule has 1 aromatic carbocycles. The first kappa shape index (κ1) is 46.5. The van der Waals surface area contributed by atoms with E-state index in [4.69, 9.17) is 4.99 Å². The van der Waals surface area contributed by atoms with Crippen LogP contribution in [0.2, 0.25) is 0 Å². The zero-order valence-corrected chi connectivity index (χ0v) is 35.4. The molecule has 0 unspecified atom stereocenters. The first-order valence-corrected chi connectivity index (χ1v) is 23.1. The molecule has 0 bridgehead atoms. The van der Waals surface area contributed by atoms with Gasteiger partial charge in [-0.2, -0.15) is 0 Å². The van der Waals surface area contributed by atoms with Crippen LogP contribution in [0.1, 0.15) is 219 Å². The van der Waals surface area contributed by atoms with Crippen molar-refractivity contribution in [1.29, 1.82) is 0 Å². The van der Waals surface area contributed by atoms with E-state index in [1.165, 1.54) is 172 Å². The minimum absolute atomic E-state index is 0.246. The Morgan fingerprint density at radius 1 is 0.596 bits per heavy atom. The number of hydrogen-bond acceptors (Lipinski definition) is 2. The number of hydrogen-bond donors (Lipinski definition) is 1. The lowest BCUT2D eigenvalue weighted by atomic mass is 10.0. The van der Waals surface area contributed by atoms with E-state index in [-0.39, 0.29) is 5.91 Å². The maximum absolute atomic E-state index is 12.6. The Morgan fingerprint density at radius 2 is 1.04 bits per heavy atom. The van der Waals surface area contributed by atoms with Crippen molar-refractivity contribution in [2.24, 2.45) is 16.8 Å². The molecule has 1 aromatic rings. The summed E-state index contributed by atoms with van der Waals surface area (Å²) in [5, 5.41) is 3.26. The second kappa shape index (κ2) is 31.6. The quantitative estimate of drug-likeness (QED) is 0.0544. The molecule has 0 aliphatic carbocycles. The number of unbranched alkanes of at least 4 members (excludes halogenated alkanes) is 22. The molecule has 0 saturated heterocycles. The fraction of sp³-hybridized carbons (Fsp3) is 0.833. The fourth-order valence-corrected chi connectivity index (χ4v) is 8.30. The molecule has 0 aromatic heterocycles. The molecule has 4 nitrogen and oxygen atoms in total. The third kappa shape index (κ3) is 24.6. The largest absolute Gasteiger partial charge is 0.356 e. The molecule has 1 aliphatic rings. The molecule has 300 valence electrons. The number of nitrogens with one attached hydrogen (secondary N) is 1. The summed E-state index contributed by atoms with van der Waals surface area (Å²) < 4.78 is 0.996. The lowest BCUT2D eigenvalue weighted by molar-refractivity contribution is -0.850. The third-order valence-electron chi connectivity index (χ3n) is 11.7. The Labute approximate surface area is 324 Å². The summed E-state index contributed by atoms with van der Waals surface area (Å²) in [6, 6.07) is 11.0. The highest BCUT2D eigenvalue weighted by molar-refractivity contribution is 5.77. The minimum atomic E-state index is 0.246. The summed E-state index contributed by atoms with van der Waals surface area (Å²) in [6.07, 6.45) is 38.5. The van der Waals surface area contributed by atoms with Crippen LogP contribution in [0.4, 0.5) is 0 Å². The van der Waals surface area contributed by atoms with Crippen molar-refractivity contribution in [3.63, 3.8) is 0 Å².